The van der Waals surface area contributed by atoms with Crippen LogP contribution in [0.4, 0.5) is 0 Å². The van der Waals surface area contributed by atoms with E-state index < -0.39 is 0 Å². The highest BCUT2D eigenvalue weighted by Crippen LogP contribution is 2.25. The summed E-state index contributed by atoms with van der Waals surface area (Å²) in [5.74, 6) is 1.36. The average molecular weight is 375 g/mol. The van der Waals surface area contributed by atoms with Crippen LogP contribution in [-0.4, -0.2) is 19.5 Å². The molecular formula is C19H19BrO3. The third kappa shape index (κ3) is 4.96. The first-order valence-electron chi connectivity index (χ1n) is 7.43. The number of halogens is 1. The van der Waals surface area contributed by atoms with Gasteiger partial charge in [-0.3, -0.25) is 4.79 Å². The molecule has 0 bridgehead atoms. The van der Waals surface area contributed by atoms with E-state index in [9.17, 15) is 4.79 Å². The fraction of sp³-hybridized carbons (Fsp3) is 0.211. The van der Waals surface area contributed by atoms with Crippen LogP contribution in [0.25, 0.3) is 6.08 Å². The Balaban J connectivity index is 2.21. The van der Waals surface area contributed by atoms with Crippen molar-refractivity contribution in [2.75, 3.05) is 13.7 Å². The molecule has 0 aromatic heterocycles. The average Bonchev–Trinajstić information content (AvgIpc) is 2.58. The van der Waals surface area contributed by atoms with Gasteiger partial charge >= 0.3 is 0 Å². The van der Waals surface area contributed by atoms with Crippen molar-refractivity contribution < 1.29 is 14.3 Å². The lowest BCUT2D eigenvalue weighted by atomic mass is 10.1. The fourth-order valence-corrected chi connectivity index (χ4v) is 2.41. The van der Waals surface area contributed by atoms with Crippen molar-refractivity contribution in [1.82, 2.24) is 0 Å². The molecule has 0 saturated carbocycles. The summed E-state index contributed by atoms with van der Waals surface area (Å²) in [7, 11) is 1.58. The second kappa shape index (κ2) is 8.53. The van der Waals surface area contributed by atoms with Crippen LogP contribution in [0.2, 0.25) is 0 Å². The molecule has 2 aromatic rings. The quantitative estimate of drug-likeness (QED) is 0.496. The van der Waals surface area contributed by atoms with E-state index in [1.165, 1.54) is 0 Å². The molecule has 0 aliphatic carbocycles. The Hall–Kier alpha value is -2.07. The highest BCUT2D eigenvalue weighted by atomic mass is 79.9. The van der Waals surface area contributed by atoms with Crippen LogP contribution in [0.5, 0.6) is 11.5 Å². The smallest absolute Gasteiger partial charge is 0.185 e. The highest BCUT2D eigenvalue weighted by Gasteiger charge is 2.05. The van der Waals surface area contributed by atoms with E-state index in [1.54, 1.807) is 37.5 Å². The van der Waals surface area contributed by atoms with Crippen LogP contribution in [0.3, 0.4) is 0 Å². The van der Waals surface area contributed by atoms with Crippen molar-refractivity contribution in [1.29, 1.82) is 0 Å². The fourth-order valence-electron chi connectivity index (χ4n) is 2.03. The summed E-state index contributed by atoms with van der Waals surface area (Å²) in [5.41, 5.74) is 1.45. The molecule has 0 heterocycles. The van der Waals surface area contributed by atoms with Gasteiger partial charge < -0.3 is 9.47 Å². The molecule has 0 saturated heterocycles. The number of ether oxygens (including phenoxy) is 2. The van der Waals surface area contributed by atoms with Crippen LogP contribution in [-0.2, 0) is 0 Å². The van der Waals surface area contributed by atoms with Crippen LogP contribution in [0, 0.1) is 0 Å². The molecule has 2 aromatic carbocycles. The second-order valence-corrected chi connectivity index (χ2v) is 5.88. The van der Waals surface area contributed by atoms with Crippen molar-refractivity contribution in [2.45, 2.75) is 13.3 Å². The Kier molecular flexibility index (Phi) is 6.41. The molecule has 4 heteroatoms. The molecule has 120 valence electrons. The molecule has 0 aliphatic rings. The van der Waals surface area contributed by atoms with Gasteiger partial charge in [0.2, 0.25) is 0 Å². The van der Waals surface area contributed by atoms with Gasteiger partial charge in [0.15, 0.2) is 5.78 Å². The van der Waals surface area contributed by atoms with Crippen LogP contribution < -0.4 is 9.47 Å². The number of carbonyl (C=O) groups is 1. The summed E-state index contributed by atoms with van der Waals surface area (Å²) in [4.78, 5) is 12.3. The zero-order valence-electron chi connectivity index (χ0n) is 13.2. The molecule has 0 fully saturated rings. The second-order valence-electron chi connectivity index (χ2n) is 4.96. The van der Waals surface area contributed by atoms with Crippen LogP contribution in [0.1, 0.15) is 29.3 Å². The SMILES string of the molecule is CCCOc1ccc(Br)cc1/C=C/C(=O)c1cccc(OC)c1. The Bertz CT molecular complexity index is 708. The summed E-state index contributed by atoms with van der Waals surface area (Å²) in [6, 6.07) is 12.9. The molecule has 0 radical (unpaired) electrons. The lowest BCUT2D eigenvalue weighted by molar-refractivity contribution is 0.104. The third-order valence-corrected chi connectivity index (χ3v) is 3.70. The largest absolute Gasteiger partial charge is 0.497 e. The number of allylic oxidation sites excluding steroid dienone is 1. The maximum Gasteiger partial charge on any atom is 0.185 e. The number of rotatable bonds is 7. The summed E-state index contributed by atoms with van der Waals surface area (Å²) in [6.45, 7) is 2.70. The summed E-state index contributed by atoms with van der Waals surface area (Å²) in [6.07, 6.45) is 4.26. The molecule has 2 rings (SSSR count). The van der Waals surface area contributed by atoms with Gasteiger partial charge in [-0.25, -0.2) is 0 Å². The van der Waals surface area contributed by atoms with Gasteiger partial charge in [-0.2, -0.15) is 0 Å². The first kappa shape index (κ1) is 17.3. The van der Waals surface area contributed by atoms with E-state index in [1.807, 2.05) is 24.3 Å². The van der Waals surface area contributed by atoms with E-state index in [2.05, 4.69) is 22.9 Å². The van der Waals surface area contributed by atoms with E-state index >= 15 is 0 Å². The van der Waals surface area contributed by atoms with Gasteiger partial charge in [0.25, 0.3) is 0 Å². The van der Waals surface area contributed by atoms with Gasteiger partial charge in [-0.1, -0.05) is 35.0 Å². The molecule has 0 aliphatic heterocycles. The van der Waals surface area contributed by atoms with Crippen molar-refractivity contribution in [3.05, 3.63) is 64.1 Å². The Morgan fingerprint density at radius 2 is 2.04 bits per heavy atom. The number of hydrogen-bond acceptors (Lipinski definition) is 3. The van der Waals surface area contributed by atoms with Gasteiger partial charge in [0.1, 0.15) is 11.5 Å². The number of hydrogen-bond donors (Lipinski definition) is 0. The lowest BCUT2D eigenvalue weighted by Crippen LogP contribution is -1.98. The molecule has 23 heavy (non-hydrogen) atoms. The molecule has 0 N–H and O–H groups in total. The topological polar surface area (TPSA) is 35.5 Å². The van der Waals surface area contributed by atoms with E-state index in [0.717, 1.165) is 22.2 Å². The predicted molar refractivity (Wildman–Crippen MR) is 96.3 cm³/mol. The summed E-state index contributed by atoms with van der Waals surface area (Å²) in [5, 5.41) is 0. The van der Waals surface area contributed by atoms with E-state index in [-0.39, 0.29) is 5.78 Å². The van der Waals surface area contributed by atoms with E-state index in [4.69, 9.17) is 9.47 Å². The number of ketones is 1. The number of methoxy groups -OCH3 is 1. The van der Waals surface area contributed by atoms with Crippen molar-refractivity contribution in [3.8, 4) is 11.5 Å². The molecule has 3 nitrogen and oxygen atoms in total. The highest BCUT2D eigenvalue weighted by molar-refractivity contribution is 9.10. The zero-order valence-corrected chi connectivity index (χ0v) is 14.8. The van der Waals surface area contributed by atoms with Crippen LogP contribution in [0.15, 0.2) is 53.0 Å². The number of benzene rings is 2. The zero-order chi connectivity index (χ0) is 16.7. The Morgan fingerprint density at radius 1 is 1.22 bits per heavy atom. The van der Waals surface area contributed by atoms with Crippen LogP contribution >= 0.6 is 15.9 Å². The minimum atomic E-state index is -0.0784. The Labute approximate surface area is 145 Å². The summed E-state index contributed by atoms with van der Waals surface area (Å²) < 4.78 is 11.8. The van der Waals surface area contributed by atoms with Crippen molar-refractivity contribution >= 4 is 27.8 Å². The van der Waals surface area contributed by atoms with Gasteiger partial charge in [-0.15, -0.1) is 0 Å². The lowest BCUT2D eigenvalue weighted by Gasteiger charge is -2.08. The molecule has 0 amide bonds. The Morgan fingerprint density at radius 3 is 2.78 bits per heavy atom. The molecule has 0 atom stereocenters. The normalized spacial score (nSPS) is 10.7. The summed E-state index contributed by atoms with van der Waals surface area (Å²) >= 11 is 3.44. The molecule has 0 spiro atoms. The van der Waals surface area contributed by atoms with Gasteiger partial charge in [0, 0.05) is 15.6 Å². The van der Waals surface area contributed by atoms with Gasteiger partial charge in [-0.05, 0) is 48.9 Å². The van der Waals surface area contributed by atoms with E-state index in [0.29, 0.717) is 17.9 Å². The maximum absolute atomic E-state index is 12.3. The molecular weight excluding hydrogens is 356 g/mol. The van der Waals surface area contributed by atoms with Crippen molar-refractivity contribution in [3.63, 3.8) is 0 Å². The maximum atomic E-state index is 12.3. The van der Waals surface area contributed by atoms with Crippen molar-refractivity contribution in [2.24, 2.45) is 0 Å². The third-order valence-electron chi connectivity index (χ3n) is 3.20. The van der Waals surface area contributed by atoms with Gasteiger partial charge in [0.05, 0.1) is 13.7 Å². The monoisotopic (exact) mass is 374 g/mol. The minimum Gasteiger partial charge on any atom is -0.497 e. The first-order valence-corrected chi connectivity index (χ1v) is 8.22. The number of carbonyl (C=O) groups excluding carboxylic acids is 1. The predicted octanol–water partition coefficient (Wildman–Crippen LogP) is 5.14. The minimum absolute atomic E-state index is 0.0784. The first-order chi connectivity index (χ1) is 11.1. The standard InChI is InChI=1S/C19H19BrO3/c1-3-11-23-19-10-8-16(20)12-15(19)7-9-18(21)14-5-4-6-17(13-14)22-2/h4-10,12-13H,3,11H2,1-2H3/b9-7+. The molecule has 0 unspecified atom stereocenters.